The summed E-state index contributed by atoms with van der Waals surface area (Å²) in [7, 11) is 0. The lowest BCUT2D eigenvalue weighted by atomic mass is 10.1. The van der Waals surface area contributed by atoms with Crippen molar-refractivity contribution in [1.29, 1.82) is 0 Å². The molecule has 0 saturated heterocycles. The normalized spacial score (nSPS) is 11.8. The van der Waals surface area contributed by atoms with Crippen molar-refractivity contribution in [2.75, 3.05) is 165 Å². The van der Waals surface area contributed by atoms with Gasteiger partial charge in [-0.25, -0.2) is 0 Å². The summed E-state index contributed by atoms with van der Waals surface area (Å²) >= 11 is 0. The predicted molar refractivity (Wildman–Crippen MR) is 207 cm³/mol. The molecule has 0 unspecified atom stereocenters. The predicted octanol–water partition coefficient (Wildman–Crippen LogP) is 5.92. The molecule has 0 aliphatic rings. The van der Waals surface area contributed by atoms with Crippen molar-refractivity contribution in [3.05, 3.63) is 0 Å². The van der Waals surface area contributed by atoms with Gasteiger partial charge in [0.2, 0.25) is 0 Å². The standard InChI is InChI=1S/C40H82O13/c1-4-5-6-7-8-9-10-11-12-13-14-15-41-16-17-42-18-19-43-20-21-44-22-23-45-24-25-46-26-27-47-28-29-48-30-31-49-32-33-50-34-35-51-36-37-52-38-39-53-40(2)3/h40H,4-39H2,1-3H3. The van der Waals surface area contributed by atoms with Crippen LogP contribution in [0.2, 0.25) is 0 Å². The Morgan fingerprint density at radius 1 is 0.226 bits per heavy atom. The maximum Gasteiger partial charge on any atom is 0.0703 e. The first kappa shape index (κ1) is 52.5. The molecule has 0 rings (SSSR count). The Labute approximate surface area is 323 Å². The zero-order valence-electron chi connectivity index (χ0n) is 34.3. The molecule has 13 nitrogen and oxygen atoms in total. The van der Waals surface area contributed by atoms with E-state index >= 15 is 0 Å². The van der Waals surface area contributed by atoms with Gasteiger partial charge in [-0.15, -0.1) is 0 Å². The van der Waals surface area contributed by atoms with Crippen LogP contribution in [0.3, 0.4) is 0 Å². The fourth-order valence-corrected chi connectivity index (χ4v) is 4.73. The molecule has 0 N–H and O–H groups in total. The molecule has 53 heavy (non-hydrogen) atoms. The average Bonchev–Trinajstić information content (AvgIpc) is 3.15. The second-order valence-electron chi connectivity index (χ2n) is 12.8. The largest absolute Gasteiger partial charge is 0.379 e. The number of ether oxygens (including phenoxy) is 13. The van der Waals surface area contributed by atoms with Gasteiger partial charge in [-0.2, -0.15) is 0 Å². The van der Waals surface area contributed by atoms with Crippen LogP contribution < -0.4 is 0 Å². The van der Waals surface area contributed by atoms with Crippen LogP contribution in [0.25, 0.3) is 0 Å². The van der Waals surface area contributed by atoms with Crippen molar-refractivity contribution >= 4 is 0 Å². The summed E-state index contributed by atoms with van der Waals surface area (Å²) in [5.74, 6) is 0. The van der Waals surface area contributed by atoms with E-state index in [0.29, 0.717) is 159 Å². The highest BCUT2D eigenvalue weighted by atomic mass is 16.6. The van der Waals surface area contributed by atoms with Gasteiger partial charge in [0.05, 0.1) is 165 Å². The van der Waals surface area contributed by atoms with Gasteiger partial charge in [0.25, 0.3) is 0 Å². The second kappa shape index (κ2) is 49.5. The van der Waals surface area contributed by atoms with E-state index in [4.69, 9.17) is 61.6 Å². The van der Waals surface area contributed by atoms with Gasteiger partial charge in [-0.3, -0.25) is 0 Å². The molecule has 0 heterocycles. The molecule has 13 heteroatoms. The molecular weight excluding hydrogens is 688 g/mol. The van der Waals surface area contributed by atoms with Gasteiger partial charge in [-0.1, -0.05) is 71.1 Å². The average molecular weight is 771 g/mol. The highest BCUT2D eigenvalue weighted by Crippen LogP contribution is 2.11. The first-order chi connectivity index (χ1) is 26.3. The van der Waals surface area contributed by atoms with Crippen molar-refractivity contribution in [1.82, 2.24) is 0 Å². The second-order valence-corrected chi connectivity index (χ2v) is 12.8. The van der Waals surface area contributed by atoms with E-state index in [-0.39, 0.29) is 6.10 Å². The maximum atomic E-state index is 5.66. The molecule has 0 aliphatic carbocycles. The highest BCUT2D eigenvalue weighted by molar-refractivity contribution is 4.48. The van der Waals surface area contributed by atoms with Crippen LogP contribution in [-0.2, 0) is 61.6 Å². The number of hydrogen-bond donors (Lipinski definition) is 0. The quantitative estimate of drug-likeness (QED) is 0.0682. The lowest BCUT2D eigenvalue weighted by molar-refractivity contribution is -0.0298. The van der Waals surface area contributed by atoms with E-state index in [2.05, 4.69) is 6.92 Å². The van der Waals surface area contributed by atoms with Crippen molar-refractivity contribution < 1.29 is 61.6 Å². The topological polar surface area (TPSA) is 120 Å². The van der Waals surface area contributed by atoms with Crippen LogP contribution in [0, 0.1) is 0 Å². The summed E-state index contributed by atoms with van der Waals surface area (Å²) in [5.41, 5.74) is 0. The molecular formula is C40H82O13. The fraction of sp³-hybridized carbons (Fsp3) is 1.00. The molecule has 0 saturated carbocycles. The van der Waals surface area contributed by atoms with Crippen molar-refractivity contribution in [3.8, 4) is 0 Å². The van der Waals surface area contributed by atoms with Gasteiger partial charge in [0.15, 0.2) is 0 Å². The molecule has 0 aromatic carbocycles. The van der Waals surface area contributed by atoms with E-state index in [1.807, 2.05) is 13.8 Å². The lowest BCUT2D eigenvalue weighted by Crippen LogP contribution is -2.15. The summed E-state index contributed by atoms with van der Waals surface area (Å²) in [6.45, 7) is 20.2. The zero-order valence-corrected chi connectivity index (χ0v) is 34.3. The third kappa shape index (κ3) is 51.5. The fourth-order valence-electron chi connectivity index (χ4n) is 4.73. The van der Waals surface area contributed by atoms with E-state index < -0.39 is 0 Å². The Bertz CT molecular complexity index is 633. The summed E-state index contributed by atoms with van der Waals surface area (Å²) in [6, 6.07) is 0. The molecule has 0 amide bonds. The Kier molecular flexibility index (Phi) is 49.0. The summed E-state index contributed by atoms with van der Waals surface area (Å²) < 4.78 is 71.5. The minimum atomic E-state index is 0.232. The van der Waals surface area contributed by atoms with Crippen LogP contribution in [0.15, 0.2) is 0 Å². The molecule has 0 aromatic heterocycles. The number of hydrogen-bond acceptors (Lipinski definition) is 13. The number of unbranched alkanes of at least 4 members (excludes halogenated alkanes) is 10. The van der Waals surface area contributed by atoms with Gasteiger partial charge in [0.1, 0.15) is 0 Å². The van der Waals surface area contributed by atoms with Crippen LogP contribution in [0.4, 0.5) is 0 Å². The van der Waals surface area contributed by atoms with Crippen LogP contribution >= 0.6 is 0 Å². The van der Waals surface area contributed by atoms with Crippen molar-refractivity contribution in [2.45, 2.75) is 97.5 Å². The van der Waals surface area contributed by atoms with E-state index in [9.17, 15) is 0 Å². The highest BCUT2D eigenvalue weighted by Gasteiger charge is 1.98. The molecule has 0 bridgehead atoms. The minimum Gasteiger partial charge on any atom is -0.379 e. The molecule has 0 fully saturated rings. The molecule has 0 aromatic rings. The van der Waals surface area contributed by atoms with Crippen molar-refractivity contribution in [3.63, 3.8) is 0 Å². The Morgan fingerprint density at radius 3 is 0.642 bits per heavy atom. The minimum absolute atomic E-state index is 0.232. The van der Waals surface area contributed by atoms with Crippen LogP contribution in [-0.4, -0.2) is 171 Å². The smallest absolute Gasteiger partial charge is 0.0703 e. The maximum absolute atomic E-state index is 5.66. The molecule has 0 atom stereocenters. The van der Waals surface area contributed by atoms with Gasteiger partial charge < -0.3 is 61.6 Å². The Morgan fingerprint density at radius 2 is 0.415 bits per heavy atom. The molecule has 320 valence electrons. The van der Waals surface area contributed by atoms with Gasteiger partial charge >= 0.3 is 0 Å². The van der Waals surface area contributed by atoms with Crippen LogP contribution in [0.1, 0.15) is 91.4 Å². The van der Waals surface area contributed by atoms with E-state index in [1.54, 1.807) is 0 Å². The van der Waals surface area contributed by atoms with Gasteiger partial charge in [0, 0.05) is 6.61 Å². The Hall–Kier alpha value is -0.520. The van der Waals surface area contributed by atoms with E-state index in [0.717, 1.165) is 13.0 Å². The summed E-state index contributed by atoms with van der Waals surface area (Å²) in [4.78, 5) is 0. The summed E-state index contributed by atoms with van der Waals surface area (Å²) in [6.07, 6.45) is 15.1. The molecule has 0 spiro atoms. The molecule has 0 radical (unpaired) electrons. The summed E-state index contributed by atoms with van der Waals surface area (Å²) in [5, 5.41) is 0. The van der Waals surface area contributed by atoms with Crippen molar-refractivity contribution in [2.24, 2.45) is 0 Å². The zero-order chi connectivity index (χ0) is 38.2. The first-order valence-electron chi connectivity index (χ1n) is 20.8. The first-order valence-corrected chi connectivity index (χ1v) is 20.8. The lowest BCUT2D eigenvalue weighted by Gasteiger charge is -2.09. The monoisotopic (exact) mass is 771 g/mol. The third-order valence-corrected chi connectivity index (χ3v) is 7.66. The third-order valence-electron chi connectivity index (χ3n) is 7.66. The Balaban J connectivity index is 3.05. The van der Waals surface area contributed by atoms with Gasteiger partial charge in [-0.05, 0) is 20.3 Å². The van der Waals surface area contributed by atoms with Crippen LogP contribution in [0.5, 0.6) is 0 Å². The molecule has 0 aliphatic heterocycles. The SMILES string of the molecule is CCCCCCCCCCCCCOCCOCCOCCOCCOCCOCCOCCOCCOCCOCCOCCOCCOC(C)C. The number of rotatable bonds is 49. The van der Waals surface area contributed by atoms with E-state index in [1.165, 1.54) is 64.2 Å².